The van der Waals surface area contributed by atoms with E-state index in [9.17, 15) is 30.4 Å². The lowest BCUT2D eigenvalue weighted by Crippen LogP contribution is -2.34. The maximum Gasteiger partial charge on any atom is 0.316 e. The number of benzene rings is 2. The second-order valence-corrected chi connectivity index (χ2v) is 8.53. The first-order chi connectivity index (χ1) is 13.0. The molecule has 1 aliphatic rings. The molecule has 2 aromatic carbocycles. The predicted octanol–water partition coefficient (Wildman–Crippen LogP) is 3.84. The molecule has 0 aliphatic carbocycles. The average Bonchev–Trinajstić information content (AvgIpc) is 3.05. The summed E-state index contributed by atoms with van der Waals surface area (Å²) < 4.78 is 97.7. The number of nitrogens with zero attached hydrogens (tertiary/aromatic N) is 1. The van der Waals surface area contributed by atoms with E-state index in [-0.39, 0.29) is 0 Å². The summed E-state index contributed by atoms with van der Waals surface area (Å²) in [5, 5.41) is -0.290. The minimum absolute atomic E-state index is 0.449. The van der Waals surface area contributed by atoms with Gasteiger partial charge in [-0.1, -0.05) is 28.1 Å². The fourth-order valence-corrected chi connectivity index (χ4v) is 4.40. The van der Waals surface area contributed by atoms with Gasteiger partial charge in [0.2, 0.25) is 34.8 Å². The summed E-state index contributed by atoms with van der Waals surface area (Å²) in [5.74, 6) is -13.7. The van der Waals surface area contributed by atoms with E-state index in [1.54, 1.807) is 24.3 Å². The van der Waals surface area contributed by atoms with E-state index >= 15 is 0 Å². The van der Waals surface area contributed by atoms with Crippen LogP contribution in [0.1, 0.15) is 11.6 Å². The fraction of sp³-hybridized carbons (Fsp3) is 0.250. The molecule has 152 valence electrons. The smallest absolute Gasteiger partial charge is 0.316 e. The zero-order chi connectivity index (χ0) is 20.8. The highest BCUT2D eigenvalue weighted by Gasteiger charge is 2.45. The Morgan fingerprint density at radius 1 is 1.00 bits per heavy atom. The third-order valence-electron chi connectivity index (χ3n) is 4.14. The molecule has 12 heteroatoms. The van der Waals surface area contributed by atoms with Crippen LogP contribution in [0.15, 0.2) is 28.7 Å². The standard InChI is InChI=1S/C16H11BrF5NO4S/c1-23-15(7-2-4-8(17)5-3-7)9(6-26-23)28(24,25)27-16-13(21)11(19)10(18)12(20)14(16)22/h2-5,9,15H,6H2,1H3/t9-,15+/m1/s1. The highest BCUT2D eigenvalue weighted by molar-refractivity contribution is 9.10. The maximum atomic E-state index is 13.8. The topological polar surface area (TPSA) is 55.8 Å². The molecule has 0 aromatic heterocycles. The van der Waals surface area contributed by atoms with Gasteiger partial charge in [-0.3, -0.25) is 4.84 Å². The number of rotatable bonds is 4. The van der Waals surface area contributed by atoms with Crippen molar-refractivity contribution in [3.63, 3.8) is 0 Å². The van der Waals surface area contributed by atoms with Gasteiger partial charge in [0.1, 0.15) is 5.25 Å². The molecule has 0 spiro atoms. The largest absolute Gasteiger partial charge is 0.376 e. The zero-order valence-electron chi connectivity index (χ0n) is 13.9. The van der Waals surface area contributed by atoms with Gasteiger partial charge in [-0.25, -0.2) is 13.2 Å². The summed E-state index contributed by atoms with van der Waals surface area (Å²) >= 11 is 3.23. The van der Waals surface area contributed by atoms with Crippen molar-refractivity contribution in [1.82, 2.24) is 5.06 Å². The molecule has 0 amide bonds. The summed E-state index contributed by atoms with van der Waals surface area (Å²) in [6.07, 6.45) is 0. The Morgan fingerprint density at radius 3 is 2.04 bits per heavy atom. The molecular weight excluding hydrogens is 477 g/mol. The van der Waals surface area contributed by atoms with E-state index < -0.39 is 62.9 Å². The molecule has 0 saturated carbocycles. The zero-order valence-corrected chi connectivity index (χ0v) is 16.3. The lowest BCUT2D eigenvalue weighted by atomic mass is 10.0. The molecule has 2 atom stereocenters. The van der Waals surface area contributed by atoms with Crippen molar-refractivity contribution in [2.45, 2.75) is 11.3 Å². The molecule has 1 saturated heterocycles. The Kier molecular flexibility index (Phi) is 5.67. The number of hydrogen-bond acceptors (Lipinski definition) is 5. The first kappa shape index (κ1) is 21.0. The van der Waals surface area contributed by atoms with Crippen LogP contribution in [0.5, 0.6) is 5.75 Å². The van der Waals surface area contributed by atoms with Crippen LogP contribution in [-0.4, -0.2) is 32.4 Å². The Balaban J connectivity index is 2.00. The first-order valence-electron chi connectivity index (χ1n) is 7.60. The number of hydrogen-bond donors (Lipinski definition) is 0. The van der Waals surface area contributed by atoms with Gasteiger partial charge < -0.3 is 4.18 Å². The Bertz CT molecular complexity index is 990. The van der Waals surface area contributed by atoms with Crippen molar-refractivity contribution < 1.29 is 39.4 Å². The summed E-state index contributed by atoms with van der Waals surface area (Å²) in [5.41, 5.74) is 0.470. The van der Waals surface area contributed by atoms with E-state index in [0.717, 1.165) is 4.47 Å². The summed E-state index contributed by atoms with van der Waals surface area (Å²) in [6.45, 7) is -0.449. The Hall–Kier alpha value is -1.76. The van der Waals surface area contributed by atoms with Crippen molar-refractivity contribution >= 4 is 26.0 Å². The van der Waals surface area contributed by atoms with Crippen LogP contribution >= 0.6 is 15.9 Å². The summed E-state index contributed by atoms with van der Waals surface area (Å²) in [6, 6.07) is 5.49. The van der Waals surface area contributed by atoms with Gasteiger partial charge in [-0.2, -0.15) is 22.3 Å². The van der Waals surface area contributed by atoms with Gasteiger partial charge >= 0.3 is 10.1 Å². The third kappa shape index (κ3) is 3.61. The SMILES string of the molecule is CN1OC[C@@H](S(=O)(=O)Oc2c(F)c(F)c(F)c(F)c2F)[C@@H]1c1ccc(Br)cc1. The molecule has 0 bridgehead atoms. The fourth-order valence-electron chi connectivity index (χ4n) is 2.76. The molecule has 28 heavy (non-hydrogen) atoms. The van der Waals surface area contributed by atoms with E-state index in [1.807, 2.05) is 0 Å². The second kappa shape index (κ2) is 7.58. The Morgan fingerprint density at radius 2 is 1.50 bits per heavy atom. The molecule has 0 unspecified atom stereocenters. The van der Waals surface area contributed by atoms with Crippen LogP contribution in [0.3, 0.4) is 0 Å². The van der Waals surface area contributed by atoms with E-state index in [0.29, 0.717) is 5.56 Å². The minimum atomic E-state index is -4.86. The normalized spacial score (nSPS) is 20.5. The van der Waals surface area contributed by atoms with Crippen LogP contribution in [0.25, 0.3) is 0 Å². The minimum Gasteiger partial charge on any atom is -0.376 e. The van der Waals surface area contributed by atoms with Gasteiger partial charge in [0.25, 0.3) is 0 Å². The van der Waals surface area contributed by atoms with Gasteiger partial charge in [0.05, 0.1) is 12.6 Å². The maximum absolute atomic E-state index is 13.8. The van der Waals surface area contributed by atoms with Crippen molar-refractivity contribution in [3.8, 4) is 5.75 Å². The molecule has 3 rings (SSSR count). The monoisotopic (exact) mass is 487 g/mol. The van der Waals surface area contributed by atoms with Crippen LogP contribution in [0.4, 0.5) is 22.0 Å². The molecule has 0 N–H and O–H groups in total. The van der Waals surface area contributed by atoms with Gasteiger partial charge in [0, 0.05) is 11.5 Å². The van der Waals surface area contributed by atoms with Gasteiger partial charge in [0.15, 0.2) is 0 Å². The third-order valence-corrected chi connectivity index (χ3v) is 6.20. The van der Waals surface area contributed by atoms with Crippen LogP contribution < -0.4 is 4.18 Å². The predicted molar refractivity (Wildman–Crippen MR) is 90.2 cm³/mol. The lowest BCUT2D eigenvalue weighted by Gasteiger charge is -2.23. The highest BCUT2D eigenvalue weighted by Crippen LogP contribution is 2.37. The molecule has 0 radical (unpaired) electrons. The van der Waals surface area contributed by atoms with Crippen LogP contribution in [-0.2, 0) is 15.0 Å². The van der Waals surface area contributed by atoms with E-state index in [4.69, 9.17) is 4.84 Å². The average molecular weight is 488 g/mol. The highest BCUT2D eigenvalue weighted by atomic mass is 79.9. The Labute approximate surface area is 164 Å². The molecule has 1 fully saturated rings. The second-order valence-electron chi connectivity index (χ2n) is 5.85. The van der Waals surface area contributed by atoms with Crippen molar-refractivity contribution in [3.05, 3.63) is 63.4 Å². The first-order valence-corrected chi connectivity index (χ1v) is 9.87. The van der Waals surface area contributed by atoms with Gasteiger partial charge in [-0.15, -0.1) is 0 Å². The number of hydroxylamine groups is 2. The van der Waals surface area contributed by atoms with Crippen molar-refractivity contribution in [1.29, 1.82) is 0 Å². The summed E-state index contributed by atoms with van der Waals surface area (Å²) in [7, 11) is -3.43. The molecule has 1 heterocycles. The van der Waals surface area contributed by atoms with Crippen molar-refractivity contribution in [2.75, 3.05) is 13.7 Å². The molecule has 5 nitrogen and oxygen atoms in total. The summed E-state index contributed by atoms with van der Waals surface area (Å²) in [4.78, 5) is 5.18. The molecule has 1 aliphatic heterocycles. The van der Waals surface area contributed by atoms with Gasteiger partial charge in [-0.05, 0) is 17.7 Å². The van der Waals surface area contributed by atoms with Crippen LogP contribution in [0, 0.1) is 29.1 Å². The van der Waals surface area contributed by atoms with Crippen LogP contribution in [0.2, 0.25) is 0 Å². The number of halogens is 6. The quantitative estimate of drug-likeness (QED) is 0.284. The lowest BCUT2D eigenvalue weighted by molar-refractivity contribution is -0.110. The van der Waals surface area contributed by atoms with E-state index in [1.165, 1.54) is 12.1 Å². The van der Waals surface area contributed by atoms with E-state index in [2.05, 4.69) is 20.1 Å². The van der Waals surface area contributed by atoms with Crippen molar-refractivity contribution in [2.24, 2.45) is 0 Å². The molecule has 2 aromatic rings. The molecular formula is C16H11BrF5NO4S.